The molecule has 0 aliphatic heterocycles. The second kappa shape index (κ2) is 4.24. The molecule has 100 valence electrons. The number of nitrogens with one attached hydrogen (secondary N) is 1. The maximum absolute atomic E-state index is 9.52. The average Bonchev–Trinajstić information content (AvgIpc) is 2.68. The van der Waals surface area contributed by atoms with Gasteiger partial charge in [0.1, 0.15) is 0 Å². The lowest BCUT2D eigenvalue weighted by molar-refractivity contribution is 0.0772. The molecule has 17 heavy (non-hydrogen) atoms. The normalized spacial score (nSPS) is 41.1. The second-order valence-corrected chi connectivity index (χ2v) is 7.55. The minimum absolute atomic E-state index is 0.246. The molecule has 0 heterocycles. The van der Waals surface area contributed by atoms with Crippen LogP contribution in [0, 0.1) is 22.7 Å². The van der Waals surface area contributed by atoms with Gasteiger partial charge in [0.05, 0.1) is 6.61 Å². The molecule has 2 nitrogen and oxygen atoms in total. The van der Waals surface area contributed by atoms with Crippen molar-refractivity contribution in [3.63, 3.8) is 0 Å². The highest BCUT2D eigenvalue weighted by Crippen LogP contribution is 2.62. The first kappa shape index (κ1) is 13.4. The van der Waals surface area contributed by atoms with Gasteiger partial charge in [0, 0.05) is 12.1 Å². The summed E-state index contributed by atoms with van der Waals surface area (Å²) in [5, 5.41) is 13.3. The monoisotopic (exact) mass is 239 g/mol. The Morgan fingerprint density at radius 1 is 1.29 bits per heavy atom. The van der Waals surface area contributed by atoms with Gasteiger partial charge in [-0.05, 0) is 41.9 Å². The largest absolute Gasteiger partial charge is 0.395 e. The Balaban J connectivity index is 2.14. The van der Waals surface area contributed by atoms with Gasteiger partial charge in [-0.1, -0.05) is 34.6 Å². The van der Waals surface area contributed by atoms with E-state index in [1.54, 1.807) is 0 Å². The molecule has 0 amide bonds. The lowest BCUT2D eigenvalue weighted by Gasteiger charge is -2.45. The maximum Gasteiger partial charge on any atom is 0.0587 e. The van der Waals surface area contributed by atoms with Crippen LogP contribution in [0.2, 0.25) is 0 Å². The fraction of sp³-hybridized carbons (Fsp3) is 1.00. The molecule has 0 spiro atoms. The van der Waals surface area contributed by atoms with Crippen molar-refractivity contribution >= 4 is 0 Å². The van der Waals surface area contributed by atoms with E-state index in [0.29, 0.717) is 22.8 Å². The number of hydrogen-bond donors (Lipinski definition) is 2. The van der Waals surface area contributed by atoms with Crippen LogP contribution >= 0.6 is 0 Å². The first-order valence-corrected chi connectivity index (χ1v) is 7.18. The Kier molecular flexibility index (Phi) is 3.33. The zero-order chi connectivity index (χ0) is 12.8. The van der Waals surface area contributed by atoms with Gasteiger partial charge in [-0.3, -0.25) is 0 Å². The van der Waals surface area contributed by atoms with Gasteiger partial charge in [-0.15, -0.1) is 0 Å². The molecular weight excluding hydrogens is 210 g/mol. The van der Waals surface area contributed by atoms with Crippen LogP contribution in [0.15, 0.2) is 0 Å². The van der Waals surface area contributed by atoms with Gasteiger partial charge >= 0.3 is 0 Å². The summed E-state index contributed by atoms with van der Waals surface area (Å²) in [6.45, 7) is 11.9. The van der Waals surface area contributed by atoms with Gasteiger partial charge in [0.2, 0.25) is 0 Å². The lowest BCUT2D eigenvalue weighted by atomic mass is 9.68. The van der Waals surface area contributed by atoms with Gasteiger partial charge in [-0.2, -0.15) is 0 Å². The van der Waals surface area contributed by atoms with E-state index in [-0.39, 0.29) is 12.6 Å². The summed E-state index contributed by atoms with van der Waals surface area (Å²) < 4.78 is 0. The van der Waals surface area contributed by atoms with Crippen molar-refractivity contribution in [3.05, 3.63) is 0 Å². The smallest absolute Gasteiger partial charge is 0.0587 e. The van der Waals surface area contributed by atoms with Crippen LogP contribution < -0.4 is 5.32 Å². The van der Waals surface area contributed by atoms with Crippen LogP contribution in [-0.4, -0.2) is 23.8 Å². The highest BCUT2D eigenvalue weighted by atomic mass is 16.3. The van der Waals surface area contributed by atoms with E-state index in [4.69, 9.17) is 0 Å². The molecule has 4 unspecified atom stereocenters. The summed E-state index contributed by atoms with van der Waals surface area (Å²) in [4.78, 5) is 0. The fourth-order valence-electron chi connectivity index (χ4n) is 4.39. The molecule has 4 atom stereocenters. The number of rotatable bonds is 4. The third-order valence-corrected chi connectivity index (χ3v) is 5.65. The summed E-state index contributed by atoms with van der Waals surface area (Å²) in [5.74, 6) is 1.37. The third kappa shape index (κ3) is 2.04. The number of hydrogen-bond acceptors (Lipinski definition) is 2. The molecule has 2 fully saturated rings. The Morgan fingerprint density at radius 3 is 2.35 bits per heavy atom. The van der Waals surface area contributed by atoms with Crippen LogP contribution in [-0.2, 0) is 0 Å². The zero-order valence-electron chi connectivity index (χ0n) is 12.1. The molecule has 2 N–H and O–H groups in total. The molecule has 2 saturated carbocycles. The van der Waals surface area contributed by atoms with Crippen molar-refractivity contribution in [2.45, 2.75) is 66.0 Å². The van der Waals surface area contributed by atoms with Crippen molar-refractivity contribution in [3.8, 4) is 0 Å². The molecule has 2 bridgehead atoms. The van der Waals surface area contributed by atoms with E-state index in [1.165, 1.54) is 19.3 Å². The third-order valence-electron chi connectivity index (χ3n) is 5.65. The summed E-state index contributed by atoms with van der Waals surface area (Å²) >= 11 is 0. The molecule has 2 heteroatoms. The van der Waals surface area contributed by atoms with Gasteiger partial charge in [-0.25, -0.2) is 0 Å². The summed E-state index contributed by atoms with van der Waals surface area (Å²) in [6.07, 6.45) is 4.12. The average molecular weight is 239 g/mol. The first-order valence-electron chi connectivity index (χ1n) is 7.18. The van der Waals surface area contributed by atoms with Crippen molar-refractivity contribution < 1.29 is 5.11 Å². The topological polar surface area (TPSA) is 32.3 Å². The highest BCUT2D eigenvalue weighted by Gasteiger charge is 2.59. The molecule has 2 aliphatic rings. The Bertz CT molecular complexity index is 282. The van der Waals surface area contributed by atoms with E-state index >= 15 is 0 Å². The van der Waals surface area contributed by atoms with E-state index in [9.17, 15) is 5.11 Å². The van der Waals surface area contributed by atoms with Crippen LogP contribution in [0.1, 0.15) is 53.9 Å². The molecule has 2 aliphatic carbocycles. The van der Waals surface area contributed by atoms with Crippen molar-refractivity contribution in [2.24, 2.45) is 22.7 Å². The molecular formula is C15H29NO. The molecule has 0 radical (unpaired) electrons. The van der Waals surface area contributed by atoms with Crippen LogP contribution in [0.5, 0.6) is 0 Å². The van der Waals surface area contributed by atoms with Crippen molar-refractivity contribution in [1.82, 2.24) is 5.32 Å². The van der Waals surface area contributed by atoms with Crippen molar-refractivity contribution in [2.75, 3.05) is 6.61 Å². The predicted molar refractivity (Wildman–Crippen MR) is 71.9 cm³/mol. The molecule has 0 aromatic rings. The van der Waals surface area contributed by atoms with Crippen LogP contribution in [0.3, 0.4) is 0 Å². The highest BCUT2D eigenvalue weighted by molar-refractivity contribution is 5.12. The summed E-state index contributed by atoms with van der Waals surface area (Å²) in [7, 11) is 0. The minimum atomic E-state index is 0.246. The molecule has 0 aromatic heterocycles. The standard InChI is InChI=1S/C15H29NO/c1-10(2)12(9-17)16-13-14(3,4)11-6-7-15(13,5)8-11/h10-13,16-17H,6-9H2,1-5H3. The summed E-state index contributed by atoms with van der Waals surface area (Å²) in [6, 6.07) is 0.809. The van der Waals surface area contributed by atoms with E-state index < -0.39 is 0 Å². The van der Waals surface area contributed by atoms with Crippen LogP contribution in [0.25, 0.3) is 0 Å². The molecule has 0 aromatic carbocycles. The first-order chi connectivity index (χ1) is 7.81. The Morgan fingerprint density at radius 2 is 1.94 bits per heavy atom. The lowest BCUT2D eigenvalue weighted by Crippen LogP contribution is -2.55. The summed E-state index contributed by atoms with van der Waals surface area (Å²) in [5.41, 5.74) is 0.839. The van der Waals surface area contributed by atoms with Crippen LogP contribution in [0.4, 0.5) is 0 Å². The van der Waals surface area contributed by atoms with Gasteiger partial charge < -0.3 is 10.4 Å². The molecule has 0 saturated heterocycles. The molecule has 2 rings (SSSR count). The number of fused-ring (bicyclic) bond motifs is 2. The van der Waals surface area contributed by atoms with Crippen molar-refractivity contribution in [1.29, 1.82) is 0 Å². The van der Waals surface area contributed by atoms with Gasteiger partial charge in [0.15, 0.2) is 0 Å². The number of aliphatic hydroxyl groups excluding tert-OH is 1. The van der Waals surface area contributed by atoms with E-state index in [2.05, 4.69) is 39.9 Å². The zero-order valence-corrected chi connectivity index (χ0v) is 12.1. The Labute approximate surface area is 106 Å². The van der Waals surface area contributed by atoms with Gasteiger partial charge in [0.25, 0.3) is 0 Å². The minimum Gasteiger partial charge on any atom is -0.395 e. The maximum atomic E-state index is 9.52. The fourth-order valence-corrected chi connectivity index (χ4v) is 4.39. The Hall–Kier alpha value is -0.0800. The van der Waals surface area contributed by atoms with E-state index in [0.717, 1.165) is 5.92 Å². The SMILES string of the molecule is CC(C)C(CO)NC1C2(C)CCC(C2)C1(C)C. The quantitative estimate of drug-likeness (QED) is 0.790. The number of aliphatic hydroxyl groups is 1. The predicted octanol–water partition coefficient (Wildman–Crippen LogP) is 2.81. The second-order valence-electron chi connectivity index (χ2n) is 7.55. The van der Waals surface area contributed by atoms with E-state index in [1.807, 2.05) is 0 Å².